The Morgan fingerprint density at radius 3 is 2.29 bits per heavy atom. The number of pyridine rings is 1. The van der Waals surface area contributed by atoms with Gasteiger partial charge in [-0.25, -0.2) is 14.6 Å². The number of hydrogen-bond acceptors (Lipinski definition) is 7. The van der Waals surface area contributed by atoms with Gasteiger partial charge in [0.2, 0.25) is 5.88 Å². The van der Waals surface area contributed by atoms with E-state index >= 15 is 0 Å². The Kier molecular flexibility index (Phi) is 10.5. The molecule has 2 fully saturated rings. The molecule has 2 aromatic heterocycles. The zero-order chi connectivity index (χ0) is 28.6. The van der Waals surface area contributed by atoms with Crippen LogP contribution in [-0.2, 0) is 27.9 Å². The van der Waals surface area contributed by atoms with E-state index in [-0.39, 0.29) is 11.7 Å². The number of likely N-dealkylation sites (tertiary alicyclic amines) is 1. The van der Waals surface area contributed by atoms with Crippen LogP contribution in [0.1, 0.15) is 24.8 Å². The summed E-state index contributed by atoms with van der Waals surface area (Å²) in [5, 5.41) is 18.5. The summed E-state index contributed by atoms with van der Waals surface area (Å²) in [6.07, 6.45) is -1.06. The Bertz CT molecular complexity index is 1020. The molecule has 16 heteroatoms. The molecule has 212 valence electrons. The van der Waals surface area contributed by atoms with E-state index in [1.807, 2.05) is 36.1 Å². The van der Waals surface area contributed by atoms with Crippen molar-refractivity contribution in [3.8, 4) is 5.88 Å². The quantitative estimate of drug-likeness (QED) is 0.546. The highest BCUT2D eigenvalue weighted by Crippen LogP contribution is 2.36. The van der Waals surface area contributed by atoms with Gasteiger partial charge in [0.25, 0.3) is 0 Å². The van der Waals surface area contributed by atoms with E-state index in [2.05, 4.69) is 21.2 Å². The molecule has 10 nitrogen and oxygen atoms in total. The van der Waals surface area contributed by atoms with Gasteiger partial charge in [0.15, 0.2) is 0 Å². The number of rotatable bonds is 4. The van der Waals surface area contributed by atoms with Crippen molar-refractivity contribution >= 4 is 11.9 Å². The third-order valence-electron chi connectivity index (χ3n) is 5.37. The highest BCUT2D eigenvalue weighted by atomic mass is 19.4. The predicted octanol–water partition coefficient (Wildman–Crippen LogP) is 3.28. The van der Waals surface area contributed by atoms with E-state index in [0.717, 1.165) is 38.9 Å². The Morgan fingerprint density at radius 1 is 1.16 bits per heavy atom. The summed E-state index contributed by atoms with van der Waals surface area (Å²) in [5.74, 6) is -4.83. The molecule has 4 rings (SSSR count). The molecule has 4 heterocycles. The van der Waals surface area contributed by atoms with E-state index in [4.69, 9.17) is 29.3 Å². The van der Waals surface area contributed by atoms with Crippen LogP contribution in [0.5, 0.6) is 5.88 Å². The van der Waals surface area contributed by atoms with Crippen LogP contribution in [-0.4, -0.2) is 85.6 Å². The lowest BCUT2D eigenvalue weighted by atomic mass is 9.89. The van der Waals surface area contributed by atoms with Crippen molar-refractivity contribution in [3.05, 3.63) is 42.4 Å². The molecule has 2 aliphatic heterocycles. The number of aryl methyl sites for hydroxylation is 1. The van der Waals surface area contributed by atoms with E-state index in [1.165, 1.54) is 5.56 Å². The molecule has 2 aromatic rings. The number of nitrogens with zero attached hydrogens (tertiary/aromatic N) is 4. The van der Waals surface area contributed by atoms with Crippen molar-refractivity contribution in [2.24, 2.45) is 7.05 Å². The lowest BCUT2D eigenvalue weighted by Crippen LogP contribution is -2.47. The van der Waals surface area contributed by atoms with Crippen molar-refractivity contribution in [2.45, 2.75) is 49.9 Å². The average Bonchev–Trinajstić information content (AvgIpc) is 3.39. The molecule has 2 aliphatic rings. The summed E-state index contributed by atoms with van der Waals surface area (Å²) >= 11 is 0. The van der Waals surface area contributed by atoms with Crippen molar-refractivity contribution in [1.82, 2.24) is 19.7 Å². The molecule has 1 spiro atoms. The van der Waals surface area contributed by atoms with Gasteiger partial charge >= 0.3 is 24.3 Å². The van der Waals surface area contributed by atoms with Crippen molar-refractivity contribution in [1.29, 1.82) is 0 Å². The van der Waals surface area contributed by atoms with E-state index in [9.17, 15) is 26.3 Å². The van der Waals surface area contributed by atoms with Gasteiger partial charge in [-0.2, -0.15) is 31.4 Å². The third-order valence-corrected chi connectivity index (χ3v) is 5.37. The van der Waals surface area contributed by atoms with E-state index in [0.29, 0.717) is 12.5 Å². The lowest BCUT2D eigenvalue weighted by Gasteiger charge is -2.39. The van der Waals surface area contributed by atoms with Crippen molar-refractivity contribution in [2.75, 3.05) is 19.7 Å². The maximum atomic E-state index is 10.6. The molecule has 0 radical (unpaired) electrons. The molecular formula is C22H26F6N4O6. The number of aromatic nitrogens is 3. The molecule has 0 saturated carbocycles. The van der Waals surface area contributed by atoms with Crippen LogP contribution in [0.3, 0.4) is 0 Å². The zero-order valence-electron chi connectivity index (χ0n) is 20.1. The number of aliphatic carboxylic acids is 2. The van der Waals surface area contributed by atoms with Crippen molar-refractivity contribution in [3.63, 3.8) is 0 Å². The summed E-state index contributed by atoms with van der Waals surface area (Å²) in [6.45, 7) is 3.66. The monoisotopic (exact) mass is 556 g/mol. The second kappa shape index (κ2) is 12.9. The number of carboxylic acids is 2. The SMILES string of the molecule is Cn1cc(CN2CCC[C@]3(C[C@@H](Oc4ccccn4)CO3)C2)cn1.O=C(O)C(F)(F)F.O=C(O)C(F)(F)F. The molecule has 2 N–H and O–H groups in total. The summed E-state index contributed by atoms with van der Waals surface area (Å²) < 4.78 is 77.5. The second-order valence-corrected chi connectivity index (χ2v) is 8.55. The molecule has 0 bridgehead atoms. The highest BCUT2D eigenvalue weighted by Gasteiger charge is 2.44. The first-order valence-electron chi connectivity index (χ1n) is 11.1. The first-order valence-corrected chi connectivity index (χ1v) is 11.1. The second-order valence-electron chi connectivity index (χ2n) is 8.55. The summed E-state index contributed by atoms with van der Waals surface area (Å²) in [6, 6.07) is 5.75. The van der Waals surface area contributed by atoms with Crippen LogP contribution in [0.15, 0.2) is 36.8 Å². The predicted molar refractivity (Wildman–Crippen MR) is 117 cm³/mol. The minimum Gasteiger partial charge on any atom is -0.475 e. The van der Waals surface area contributed by atoms with Gasteiger partial charge < -0.3 is 19.7 Å². The topological polar surface area (TPSA) is 127 Å². The molecule has 38 heavy (non-hydrogen) atoms. The molecule has 0 aliphatic carbocycles. The Morgan fingerprint density at radius 2 is 1.79 bits per heavy atom. The highest BCUT2D eigenvalue weighted by molar-refractivity contribution is 5.73. The maximum Gasteiger partial charge on any atom is 0.490 e. The molecular weight excluding hydrogens is 530 g/mol. The smallest absolute Gasteiger partial charge is 0.475 e. The number of carbonyl (C=O) groups is 2. The normalized spacial score (nSPS) is 21.6. The van der Waals surface area contributed by atoms with Crippen LogP contribution in [0.4, 0.5) is 26.3 Å². The van der Waals surface area contributed by atoms with E-state index < -0.39 is 24.3 Å². The zero-order valence-corrected chi connectivity index (χ0v) is 20.1. The maximum absolute atomic E-state index is 10.6. The van der Waals surface area contributed by atoms with Crippen LogP contribution >= 0.6 is 0 Å². The molecule has 0 aromatic carbocycles. The molecule has 2 atom stereocenters. The fourth-order valence-electron chi connectivity index (χ4n) is 3.89. The number of halogens is 6. The number of carboxylic acid groups (broad SMARTS) is 2. The first-order chi connectivity index (χ1) is 17.6. The van der Waals surface area contributed by atoms with Crippen molar-refractivity contribution < 1.29 is 55.6 Å². The number of piperidine rings is 1. The Labute approximate surface area is 212 Å². The van der Waals surface area contributed by atoms with Crippen LogP contribution in [0.2, 0.25) is 0 Å². The summed E-state index contributed by atoms with van der Waals surface area (Å²) in [4.78, 5) is 24.5. The fourth-order valence-corrected chi connectivity index (χ4v) is 3.89. The standard InChI is InChI=1S/C18H24N4O2.2C2HF3O2/c1-21-11-15(10-20-21)12-22-8-4-6-18(14-22)9-16(13-23-18)24-17-5-2-3-7-19-17;2*3-2(4,5)1(6)7/h2-3,5,7,10-11,16H,4,6,8-9,12-14H2,1H3;2*(H,6,7)/t16-,18+;;/m1../s1. The molecule has 0 amide bonds. The Hall–Kier alpha value is -3.40. The van der Waals surface area contributed by atoms with Gasteiger partial charge in [0, 0.05) is 50.6 Å². The number of hydrogen-bond donors (Lipinski definition) is 2. The molecule has 0 unspecified atom stereocenters. The lowest BCUT2D eigenvalue weighted by molar-refractivity contribution is -0.193. The summed E-state index contributed by atoms with van der Waals surface area (Å²) in [7, 11) is 1.96. The number of ether oxygens (including phenoxy) is 2. The fraction of sp³-hybridized carbons (Fsp3) is 0.545. The van der Waals surface area contributed by atoms with Crippen LogP contribution < -0.4 is 4.74 Å². The van der Waals surface area contributed by atoms with Gasteiger partial charge in [-0.1, -0.05) is 6.07 Å². The Balaban J connectivity index is 0.000000301. The van der Waals surface area contributed by atoms with E-state index in [1.54, 1.807) is 6.20 Å². The minimum absolute atomic E-state index is 0.0695. The van der Waals surface area contributed by atoms with Gasteiger partial charge in [-0.15, -0.1) is 0 Å². The molecule has 2 saturated heterocycles. The van der Waals surface area contributed by atoms with Gasteiger partial charge in [0.1, 0.15) is 6.10 Å². The van der Waals surface area contributed by atoms with Crippen LogP contribution in [0.25, 0.3) is 0 Å². The van der Waals surface area contributed by atoms with Gasteiger partial charge in [-0.3, -0.25) is 9.58 Å². The van der Waals surface area contributed by atoms with Crippen LogP contribution in [0, 0.1) is 0 Å². The van der Waals surface area contributed by atoms with Gasteiger partial charge in [-0.05, 0) is 25.5 Å². The first kappa shape index (κ1) is 30.8. The summed E-state index contributed by atoms with van der Waals surface area (Å²) in [5.41, 5.74) is 1.19. The largest absolute Gasteiger partial charge is 0.490 e. The minimum atomic E-state index is -5.08. The van der Waals surface area contributed by atoms with Gasteiger partial charge in [0.05, 0.1) is 18.4 Å². The third kappa shape index (κ3) is 10.2. The number of alkyl halides is 6. The average molecular weight is 556 g/mol.